The number of hydrogen-bond donors (Lipinski definition) is 2. The number of Topliss-reactive ketones (excluding diaryl/α,β-unsaturated/α-hetero) is 1. The molecule has 0 heterocycles. The van der Waals surface area contributed by atoms with Gasteiger partial charge in [0.05, 0.1) is 15.6 Å². The molecule has 0 radical (unpaired) electrons. The minimum atomic E-state index is -1.18. The number of nitrogens with one attached hydrogen (secondary N) is 1. The number of rotatable bonds is 14. The summed E-state index contributed by atoms with van der Waals surface area (Å²) in [7, 11) is 1.67. The molecule has 0 aliphatic heterocycles. The highest BCUT2D eigenvalue weighted by Crippen LogP contribution is 2.28. The average molecular weight is 662 g/mol. The molecule has 8 nitrogen and oxygen atoms in total. The van der Waals surface area contributed by atoms with Crippen LogP contribution in [0.1, 0.15) is 56.7 Å². The highest BCUT2D eigenvalue weighted by molar-refractivity contribution is 6.40. The first-order valence-corrected chi connectivity index (χ1v) is 15.5. The van der Waals surface area contributed by atoms with Crippen molar-refractivity contribution in [3.63, 3.8) is 0 Å². The van der Waals surface area contributed by atoms with Crippen LogP contribution in [0.15, 0.2) is 97.1 Å². The third-order valence-corrected chi connectivity index (χ3v) is 7.89. The van der Waals surface area contributed by atoms with Crippen molar-refractivity contribution in [1.29, 1.82) is 0 Å². The first-order chi connectivity index (χ1) is 22.1. The van der Waals surface area contributed by atoms with Crippen LogP contribution in [-0.4, -0.2) is 46.7 Å². The molecular weight excluding hydrogens is 627 g/mol. The van der Waals surface area contributed by atoms with Crippen LogP contribution in [0, 0.1) is 0 Å². The van der Waals surface area contributed by atoms with Gasteiger partial charge >= 0.3 is 5.97 Å². The van der Waals surface area contributed by atoms with Crippen molar-refractivity contribution in [1.82, 2.24) is 10.2 Å². The summed E-state index contributed by atoms with van der Waals surface area (Å²) in [5.74, 6) is -1.83. The topological polar surface area (TPSA) is 113 Å². The average Bonchev–Trinajstić information content (AvgIpc) is 3.04. The lowest BCUT2D eigenvalue weighted by Crippen LogP contribution is -2.43. The predicted octanol–water partition coefficient (Wildman–Crippen LogP) is 6.80. The van der Waals surface area contributed by atoms with Gasteiger partial charge in [0.1, 0.15) is 18.4 Å². The van der Waals surface area contributed by atoms with Gasteiger partial charge in [0.15, 0.2) is 5.78 Å². The van der Waals surface area contributed by atoms with Gasteiger partial charge in [-0.1, -0.05) is 96.0 Å². The lowest BCUT2D eigenvalue weighted by atomic mass is 10.0. The van der Waals surface area contributed by atoms with Crippen LogP contribution in [-0.2, 0) is 33.9 Å². The monoisotopic (exact) mass is 660 g/mol. The lowest BCUT2D eigenvalue weighted by molar-refractivity contribution is -0.147. The van der Waals surface area contributed by atoms with E-state index in [2.05, 4.69) is 5.32 Å². The number of amides is 2. The van der Waals surface area contributed by atoms with Gasteiger partial charge in [-0.3, -0.25) is 14.4 Å². The van der Waals surface area contributed by atoms with Gasteiger partial charge < -0.3 is 20.1 Å². The molecule has 0 bridgehead atoms. The molecule has 1 atom stereocenters. The quantitative estimate of drug-likeness (QED) is 0.114. The maximum Gasteiger partial charge on any atom is 0.328 e. The number of phenolic OH excluding ortho intramolecular Hbond substituents is 1. The molecule has 0 aliphatic carbocycles. The number of benzene rings is 4. The number of nitrogens with zero attached hydrogens (tertiary/aromatic N) is 1. The van der Waals surface area contributed by atoms with E-state index in [0.29, 0.717) is 13.0 Å². The normalized spacial score (nSPS) is 11.4. The fraction of sp³-hybridized carbons (Fsp3) is 0.222. The van der Waals surface area contributed by atoms with Gasteiger partial charge in [0, 0.05) is 32.0 Å². The lowest BCUT2D eigenvalue weighted by Gasteiger charge is -2.21. The van der Waals surface area contributed by atoms with Crippen molar-refractivity contribution < 1.29 is 29.0 Å². The number of hydrogen-bond acceptors (Lipinski definition) is 6. The molecule has 4 rings (SSSR count). The molecule has 2 N–H and O–H groups in total. The minimum absolute atomic E-state index is 0.0190. The summed E-state index contributed by atoms with van der Waals surface area (Å²) in [5, 5.41) is 12.2. The van der Waals surface area contributed by atoms with Gasteiger partial charge in [0.25, 0.3) is 5.91 Å². The summed E-state index contributed by atoms with van der Waals surface area (Å²) in [6.45, 7) is 0.369. The van der Waals surface area contributed by atoms with E-state index in [1.54, 1.807) is 48.3 Å². The number of phenols is 1. The molecule has 46 heavy (non-hydrogen) atoms. The first-order valence-electron chi connectivity index (χ1n) is 14.7. The molecule has 4 aromatic carbocycles. The van der Waals surface area contributed by atoms with Gasteiger partial charge in [0.2, 0.25) is 5.91 Å². The molecule has 0 saturated heterocycles. The van der Waals surface area contributed by atoms with Gasteiger partial charge in [-0.05, 0) is 53.8 Å². The Labute approximate surface area is 277 Å². The summed E-state index contributed by atoms with van der Waals surface area (Å²) in [4.78, 5) is 54.0. The summed E-state index contributed by atoms with van der Waals surface area (Å²) in [6.07, 6.45) is 0.446. The van der Waals surface area contributed by atoms with Gasteiger partial charge in [-0.25, -0.2) is 4.79 Å². The molecular formula is C36H34Cl2N2O6. The van der Waals surface area contributed by atoms with Crippen LogP contribution in [0.3, 0.4) is 0 Å². The fourth-order valence-electron chi connectivity index (χ4n) is 4.78. The van der Waals surface area contributed by atoms with Crippen LogP contribution in [0.2, 0.25) is 10.0 Å². The second kappa shape index (κ2) is 16.6. The number of ether oxygens (including phenoxy) is 1. The number of ketones is 1. The second-order valence-corrected chi connectivity index (χ2v) is 11.6. The van der Waals surface area contributed by atoms with E-state index in [1.807, 2.05) is 48.5 Å². The Hall–Kier alpha value is -4.66. The van der Waals surface area contributed by atoms with Crippen molar-refractivity contribution in [2.24, 2.45) is 0 Å². The standard InChI is InChI=1S/C36H34Cl2N2O6/c1-40(22-25-9-4-2-5-10-25)33(43)18-16-31(36(45)46-23-26-11-6-3-7-12-26)39-35(44)34-29(37)20-27(21-30(34)38)32(42)17-15-24-13-8-14-28(41)19-24/h2-14,19-21,31,41H,15-18,22-23H2,1H3,(H,39,44)/t31-/m0/s1. The molecule has 0 saturated carbocycles. The highest BCUT2D eigenvalue weighted by atomic mass is 35.5. The summed E-state index contributed by atoms with van der Waals surface area (Å²) < 4.78 is 5.49. The molecule has 2 amide bonds. The molecule has 0 fully saturated rings. The third kappa shape index (κ3) is 9.92. The molecule has 238 valence electrons. The van der Waals surface area contributed by atoms with E-state index in [-0.39, 0.29) is 64.5 Å². The largest absolute Gasteiger partial charge is 0.508 e. The number of aryl methyl sites for hydroxylation is 1. The number of aromatic hydroxyl groups is 1. The van der Waals surface area contributed by atoms with Gasteiger partial charge in [-0.2, -0.15) is 0 Å². The third-order valence-electron chi connectivity index (χ3n) is 7.29. The van der Waals surface area contributed by atoms with Gasteiger partial charge in [-0.15, -0.1) is 0 Å². The maximum atomic E-state index is 13.4. The van der Waals surface area contributed by atoms with Crippen molar-refractivity contribution in [3.05, 3.63) is 135 Å². The zero-order valence-corrected chi connectivity index (χ0v) is 26.8. The molecule has 0 aromatic heterocycles. The van der Waals surface area contributed by atoms with Crippen molar-refractivity contribution in [2.45, 2.75) is 44.9 Å². The molecule has 0 aliphatic rings. The Morgan fingerprint density at radius 1 is 0.804 bits per heavy atom. The Bertz CT molecular complexity index is 1660. The number of carbonyl (C=O) groups excluding carboxylic acids is 4. The van der Waals surface area contributed by atoms with Crippen LogP contribution in [0.5, 0.6) is 5.75 Å². The SMILES string of the molecule is CN(Cc1ccccc1)C(=O)CC[C@H](NC(=O)c1c(Cl)cc(C(=O)CCc2cccc(O)c2)cc1Cl)C(=O)OCc1ccccc1. The molecule has 0 unspecified atom stereocenters. The van der Waals surface area contributed by atoms with E-state index >= 15 is 0 Å². The predicted molar refractivity (Wildman–Crippen MR) is 177 cm³/mol. The number of halogens is 2. The highest BCUT2D eigenvalue weighted by Gasteiger charge is 2.27. The second-order valence-electron chi connectivity index (χ2n) is 10.8. The fourth-order valence-corrected chi connectivity index (χ4v) is 5.44. The van der Waals surface area contributed by atoms with E-state index in [4.69, 9.17) is 27.9 Å². The Morgan fingerprint density at radius 2 is 1.41 bits per heavy atom. The van der Waals surface area contributed by atoms with Crippen LogP contribution in [0.4, 0.5) is 0 Å². The van der Waals surface area contributed by atoms with Crippen molar-refractivity contribution in [2.75, 3.05) is 7.05 Å². The summed E-state index contributed by atoms with van der Waals surface area (Å²) in [5.41, 5.74) is 2.61. The number of esters is 1. The minimum Gasteiger partial charge on any atom is -0.508 e. The Kier molecular flexibility index (Phi) is 12.3. The van der Waals surface area contributed by atoms with E-state index in [1.165, 1.54) is 12.1 Å². The molecule has 10 heteroatoms. The van der Waals surface area contributed by atoms with E-state index < -0.39 is 17.9 Å². The van der Waals surface area contributed by atoms with Crippen LogP contribution >= 0.6 is 23.2 Å². The van der Waals surface area contributed by atoms with Crippen molar-refractivity contribution in [3.8, 4) is 5.75 Å². The van der Waals surface area contributed by atoms with E-state index in [0.717, 1.165) is 16.7 Å². The summed E-state index contributed by atoms with van der Waals surface area (Å²) >= 11 is 12.9. The van der Waals surface area contributed by atoms with E-state index in [9.17, 15) is 24.3 Å². The summed E-state index contributed by atoms with van der Waals surface area (Å²) in [6, 6.07) is 26.7. The van der Waals surface area contributed by atoms with Crippen LogP contribution < -0.4 is 5.32 Å². The number of carbonyl (C=O) groups is 4. The Morgan fingerprint density at radius 3 is 2.04 bits per heavy atom. The Balaban J connectivity index is 1.44. The smallest absolute Gasteiger partial charge is 0.328 e. The maximum absolute atomic E-state index is 13.4. The molecule has 0 spiro atoms. The van der Waals surface area contributed by atoms with Crippen molar-refractivity contribution >= 4 is 46.8 Å². The zero-order valence-electron chi connectivity index (χ0n) is 25.2. The molecule has 4 aromatic rings. The zero-order chi connectivity index (χ0) is 33.1. The first kappa shape index (κ1) is 34.2. The van der Waals surface area contributed by atoms with Crippen LogP contribution in [0.25, 0.3) is 0 Å².